The first kappa shape index (κ1) is 39.3. The topological polar surface area (TPSA) is 51.8 Å². The second kappa shape index (κ2) is 15.4. The summed E-state index contributed by atoms with van der Waals surface area (Å²) >= 11 is 0. The van der Waals surface area contributed by atoms with Crippen LogP contribution in [0.2, 0.25) is 19.6 Å². The summed E-state index contributed by atoms with van der Waals surface area (Å²) in [4.78, 5) is 13.8. The molecule has 0 amide bonds. The van der Waals surface area contributed by atoms with Crippen molar-refractivity contribution in [2.45, 2.75) is 100 Å². The maximum atomic E-state index is 6.06. The molecule has 4 heterocycles. The quantitative estimate of drug-likeness (QED) is 0.124. The summed E-state index contributed by atoms with van der Waals surface area (Å²) in [6.07, 6.45) is 6.12. The molecule has 4 nitrogen and oxygen atoms in total. The van der Waals surface area contributed by atoms with Crippen molar-refractivity contribution in [3.05, 3.63) is 108 Å². The molecular weight excluding hydrogens is 807 g/mol. The van der Waals surface area contributed by atoms with Gasteiger partial charge in [-0.05, 0) is 71.3 Å². The van der Waals surface area contributed by atoms with Crippen LogP contribution in [0.4, 0.5) is 0 Å². The van der Waals surface area contributed by atoms with Gasteiger partial charge in [0.2, 0.25) is 5.71 Å². The Kier molecular flexibility index (Phi) is 12.1. The molecule has 0 spiro atoms. The summed E-state index contributed by atoms with van der Waals surface area (Å²) < 4.78 is 6.06. The van der Waals surface area contributed by atoms with Gasteiger partial charge in [0, 0.05) is 43.6 Å². The Bertz CT molecular complexity index is 2060. The van der Waals surface area contributed by atoms with Crippen molar-refractivity contribution in [2.24, 2.45) is 11.3 Å². The fourth-order valence-corrected chi connectivity index (χ4v) is 7.78. The van der Waals surface area contributed by atoms with Gasteiger partial charge in [0.15, 0.2) is 0 Å². The van der Waals surface area contributed by atoms with Gasteiger partial charge < -0.3 is 14.4 Å². The fourth-order valence-electron chi connectivity index (χ4n) is 6.20. The van der Waals surface area contributed by atoms with E-state index in [4.69, 9.17) is 9.40 Å². The van der Waals surface area contributed by atoms with Gasteiger partial charge in [-0.25, -0.2) is 4.98 Å². The van der Waals surface area contributed by atoms with Crippen LogP contribution < -0.4 is 5.19 Å². The maximum Gasteiger partial charge on any atom is 0.216 e. The number of hydrogen-bond donors (Lipinski definition) is 0. The van der Waals surface area contributed by atoms with Gasteiger partial charge in [0.1, 0.15) is 0 Å². The molecule has 265 valence electrons. The normalized spacial score (nSPS) is 12.2. The molecule has 50 heavy (non-hydrogen) atoms. The largest absolute Gasteiger partial charge is 0.486 e. The standard InChI is InChI=1S/C23H34NSi.C21H19N2O.Ir/c1-22(2,3)15-18-14-20(24-16-21(18)25(7,8)9)17-10-12-19(13-11-17)23(4,5)6;1-13(2)11-15-9-10-22-19(12-15)18-6-4-5-16-17-8-7-14(3)23-21(17)24-20(16)18;/h10,12-14,16H,15H2,1-9H3;4-5,7-10,12-13H,11H2,1-3H3;/q2*-1;. The zero-order valence-electron chi connectivity index (χ0n) is 32.0. The molecule has 6 aromatic rings. The van der Waals surface area contributed by atoms with Crippen molar-refractivity contribution < 1.29 is 24.5 Å². The maximum absolute atomic E-state index is 6.06. The molecular formula is C44H53IrN3OSi-2. The van der Waals surface area contributed by atoms with Gasteiger partial charge in [0.25, 0.3) is 0 Å². The van der Waals surface area contributed by atoms with E-state index in [9.17, 15) is 0 Å². The van der Waals surface area contributed by atoms with E-state index in [0.717, 1.165) is 57.4 Å². The van der Waals surface area contributed by atoms with Crippen molar-refractivity contribution in [1.29, 1.82) is 0 Å². The Balaban J connectivity index is 0.000000220. The average Bonchev–Trinajstić information content (AvgIpc) is 3.37. The van der Waals surface area contributed by atoms with Crippen LogP contribution in [0.5, 0.6) is 0 Å². The zero-order chi connectivity index (χ0) is 35.7. The molecule has 2 aromatic carbocycles. The van der Waals surface area contributed by atoms with Gasteiger partial charge in [0.05, 0.1) is 13.7 Å². The molecule has 6 heteroatoms. The monoisotopic (exact) mass is 860 g/mol. The minimum atomic E-state index is -1.41. The molecule has 0 aliphatic carbocycles. The van der Waals surface area contributed by atoms with E-state index in [1.807, 2.05) is 31.3 Å². The summed E-state index contributed by atoms with van der Waals surface area (Å²) in [6.45, 7) is 27.3. The van der Waals surface area contributed by atoms with Crippen molar-refractivity contribution in [3.8, 4) is 22.5 Å². The molecule has 0 saturated heterocycles. The van der Waals surface area contributed by atoms with Crippen molar-refractivity contribution >= 4 is 35.3 Å². The van der Waals surface area contributed by atoms with Crippen LogP contribution in [0.3, 0.4) is 0 Å². The van der Waals surface area contributed by atoms with Gasteiger partial charge in [-0.1, -0.05) is 109 Å². The van der Waals surface area contributed by atoms with Crippen molar-refractivity contribution in [1.82, 2.24) is 15.0 Å². The molecule has 4 aromatic heterocycles. The van der Waals surface area contributed by atoms with Gasteiger partial charge in [-0.3, -0.25) is 0 Å². The molecule has 0 saturated carbocycles. The smallest absolute Gasteiger partial charge is 0.216 e. The van der Waals surface area contributed by atoms with Crippen molar-refractivity contribution in [3.63, 3.8) is 0 Å². The molecule has 0 unspecified atom stereocenters. The van der Waals surface area contributed by atoms with Crippen LogP contribution >= 0.6 is 0 Å². The van der Waals surface area contributed by atoms with Crippen LogP contribution in [-0.2, 0) is 38.4 Å². The van der Waals surface area contributed by atoms with E-state index in [1.54, 1.807) is 0 Å². The van der Waals surface area contributed by atoms with E-state index in [-0.39, 0.29) is 30.9 Å². The number of pyridine rings is 3. The SMILES string of the molecule is CC(C)(C)Cc1cc(-c2[c-]cc(C(C)(C)C)cc2)ncc1[Si](C)(C)C.Cc1ccc2c(n1)oc1c(-c3cc(CC(C)C)ccn3)[c-]ccc12.[Ir]. The summed E-state index contributed by atoms with van der Waals surface area (Å²) in [5.41, 5.74) is 10.8. The van der Waals surface area contributed by atoms with Crippen LogP contribution in [0.25, 0.3) is 44.6 Å². The third-order valence-electron chi connectivity index (χ3n) is 8.64. The van der Waals surface area contributed by atoms with Crippen LogP contribution in [-0.4, -0.2) is 23.0 Å². The number of rotatable bonds is 6. The van der Waals surface area contributed by atoms with Gasteiger partial charge in [-0.2, -0.15) is 0 Å². The molecule has 1 radical (unpaired) electrons. The molecule has 0 fully saturated rings. The second-order valence-electron chi connectivity index (χ2n) is 17.1. The van der Waals surface area contributed by atoms with Crippen molar-refractivity contribution in [2.75, 3.05) is 0 Å². The van der Waals surface area contributed by atoms with E-state index >= 15 is 0 Å². The van der Waals surface area contributed by atoms with Gasteiger partial charge >= 0.3 is 0 Å². The summed E-state index contributed by atoms with van der Waals surface area (Å²) in [7, 11) is -1.41. The Hall–Kier alpha value is -3.44. The summed E-state index contributed by atoms with van der Waals surface area (Å²) in [5.74, 6) is 0.610. The summed E-state index contributed by atoms with van der Waals surface area (Å²) in [5, 5.41) is 3.57. The van der Waals surface area contributed by atoms with E-state index in [2.05, 4.69) is 146 Å². The number of furan rings is 1. The Morgan fingerprint density at radius 2 is 1.58 bits per heavy atom. The predicted molar refractivity (Wildman–Crippen MR) is 210 cm³/mol. The third kappa shape index (κ3) is 9.66. The number of aryl methyl sites for hydroxylation is 1. The number of benzene rings is 2. The molecule has 0 N–H and O–H groups in total. The minimum absolute atomic E-state index is 0. The number of fused-ring (bicyclic) bond motifs is 3. The number of hydrogen-bond acceptors (Lipinski definition) is 4. The zero-order valence-corrected chi connectivity index (χ0v) is 35.4. The third-order valence-corrected chi connectivity index (χ3v) is 10.7. The Morgan fingerprint density at radius 1 is 0.840 bits per heavy atom. The summed E-state index contributed by atoms with van der Waals surface area (Å²) in [6, 6.07) is 27.8. The fraction of sp³-hybridized carbons (Fsp3) is 0.386. The number of aromatic nitrogens is 3. The average molecular weight is 860 g/mol. The first-order valence-electron chi connectivity index (χ1n) is 17.6. The van der Waals surface area contributed by atoms with Crippen LogP contribution in [0, 0.1) is 30.4 Å². The minimum Gasteiger partial charge on any atom is -0.486 e. The van der Waals surface area contributed by atoms with Crippen LogP contribution in [0.15, 0.2) is 77.5 Å². The van der Waals surface area contributed by atoms with Crippen LogP contribution in [0.1, 0.15) is 77.8 Å². The predicted octanol–water partition coefficient (Wildman–Crippen LogP) is 11.3. The molecule has 0 atom stereocenters. The molecule has 6 rings (SSSR count). The first-order valence-corrected chi connectivity index (χ1v) is 21.1. The van der Waals surface area contributed by atoms with E-state index in [0.29, 0.717) is 11.6 Å². The Morgan fingerprint density at radius 3 is 2.20 bits per heavy atom. The van der Waals surface area contributed by atoms with E-state index < -0.39 is 8.07 Å². The second-order valence-corrected chi connectivity index (χ2v) is 22.1. The first-order chi connectivity index (χ1) is 22.9. The molecule has 0 bridgehead atoms. The van der Waals surface area contributed by atoms with E-state index in [1.165, 1.54) is 21.9 Å². The molecule has 0 aliphatic heterocycles. The Labute approximate surface area is 314 Å². The van der Waals surface area contributed by atoms with Gasteiger partial charge in [-0.15, -0.1) is 53.6 Å². The molecule has 0 aliphatic rings. The number of nitrogens with zero attached hydrogens (tertiary/aromatic N) is 3.